The molecule has 2 aromatic heterocycles. The minimum atomic E-state index is -0.473. The Morgan fingerprint density at radius 2 is 1.82 bits per heavy atom. The Kier molecular flexibility index (Phi) is 7.88. The van der Waals surface area contributed by atoms with Crippen LogP contribution in [0.1, 0.15) is 23.5 Å². The number of thiazole rings is 1. The zero-order valence-corrected chi connectivity index (χ0v) is 18.0. The first kappa shape index (κ1) is 22.2. The molecule has 0 atom stereocenters. The smallest absolute Gasteiger partial charge is 0.302 e. The van der Waals surface area contributed by atoms with Crippen LogP contribution in [0.2, 0.25) is 0 Å². The van der Waals surface area contributed by atoms with Gasteiger partial charge in [0.05, 0.1) is 20.0 Å². The number of nitrogens with zero attached hydrogens (tertiary/aromatic N) is 4. The Balaban J connectivity index is 0.00000280. The van der Waals surface area contributed by atoms with Crippen molar-refractivity contribution in [2.75, 3.05) is 31.1 Å². The van der Waals surface area contributed by atoms with Crippen LogP contribution in [0.5, 0.6) is 0 Å². The van der Waals surface area contributed by atoms with Crippen LogP contribution in [-0.4, -0.2) is 46.9 Å². The molecule has 0 aliphatic carbocycles. The van der Waals surface area contributed by atoms with Gasteiger partial charge in [-0.15, -0.1) is 12.4 Å². The summed E-state index contributed by atoms with van der Waals surface area (Å²) in [6.07, 6.45) is 0. The van der Waals surface area contributed by atoms with E-state index >= 15 is 0 Å². The molecular weight excluding hydrogens is 420 g/mol. The number of amides is 1. The molecule has 150 valence electrons. The van der Waals surface area contributed by atoms with Gasteiger partial charge in [-0.25, -0.2) is 4.98 Å². The van der Waals surface area contributed by atoms with E-state index in [-0.39, 0.29) is 23.3 Å². The number of likely N-dealkylation sites (N-methyl/N-ethyl adjacent to an activating group) is 1. The Labute approximate surface area is 177 Å². The van der Waals surface area contributed by atoms with E-state index in [2.05, 4.69) is 23.7 Å². The van der Waals surface area contributed by atoms with Gasteiger partial charge in [0.15, 0.2) is 5.13 Å². The van der Waals surface area contributed by atoms with Gasteiger partial charge >= 0.3 is 5.00 Å². The largest absolute Gasteiger partial charge is 0.324 e. The molecule has 0 N–H and O–H groups in total. The van der Waals surface area contributed by atoms with Gasteiger partial charge in [-0.2, -0.15) is 0 Å². The molecule has 3 aromatic rings. The van der Waals surface area contributed by atoms with E-state index < -0.39 is 4.92 Å². The fourth-order valence-corrected chi connectivity index (χ4v) is 4.47. The number of aromatic nitrogens is 1. The van der Waals surface area contributed by atoms with Gasteiger partial charge < -0.3 is 4.90 Å². The van der Waals surface area contributed by atoms with Crippen LogP contribution in [0.25, 0.3) is 10.2 Å². The van der Waals surface area contributed by atoms with Crippen LogP contribution in [0.3, 0.4) is 0 Å². The van der Waals surface area contributed by atoms with Crippen LogP contribution in [0.15, 0.2) is 36.4 Å². The number of nitro groups is 1. The molecule has 0 saturated heterocycles. The van der Waals surface area contributed by atoms with Gasteiger partial charge in [-0.1, -0.05) is 48.7 Å². The summed E-state index contributed by atoms with van der Waals surface area (Å²) < 4.78 is 1.00. The van der Waals surface area contributed by atoms with Gasteiger partial charge in [-0.3, -0.25) is 19.8 Å². The van der Waals surface area contributed by atoms with Gasteiger partial charge in [0, 0.05) is 19.2 Å². The SMILES string of the molecule is CCN(CC)CCN(C(=O)c1ccc([N+](=O)[O-])s1)c1nc2ccccc2s1.Cl. The van der Waals surface area contributed by atoms with Crippen LogP contribution in [0.4, 0.5) is 10.1 Å². The Bertz CT molecular complexity index is 922. The lowest BCUT2D eigenvalue weighted by Crippen LogP contribution is -2.38. The van der Waals surface area contributed by atoms with Crippen LogP contribution in [-0.2, 0) is 0 Å². The molecule has 1 amide bonds. The lowest BCUT2D eigenvalue weighted by molar-refractivity contribution is -0.380. The highest BCUT2D eigenvalue weighted by Gasteiger charge is 2.25. The molecule has 0 fully saturated rings. The minimum absolute atomic E-state index is 0. The maximum absolute atomic E-state index is 13.1. The molecule has 0 saturated carbocycles. The third-order valence-electron chi connectivity index (χ3n) is 4.28. The van der Waals surface area contributed by atoms with Crippen molar-refractivity contribution < 1.29 is 9.72 Å². The zero-order valence-electron chi connectivity index (χ0n) is 15.5. The molecule has 3 rings (SSSR count). The average molecular weight is 441 g/mol. The van der Waals surface area contributed by atoms with E-state index in [1.165, 1.54) is 23.5 Å². The van der Waals surface area contributed by atoms with Crippen molar-refractivity contribution in [3.05, 3.63) is 51.4 Å². The maximum Gasteiger partial charge on any atom is 0.324 e. The maximum atomic E-state index is 13.1. The molecule has 28 heavy (non-hydrogen) atoms. The minimum Gasteiger partial charge on any atom is -0.302 e. The van der Waals surface area contributed by atoms with Gasteiger partial charge in [0.25, 0.3) is 5.91 Å². The number of hydrogen-bond donors (Lipinski definition) is 0. The molecule has 0 aliphatic heterocycles. The quantitative estimate of drug-likeness (QED) is 0.375. The number of halogens is 1. The highest BCUT2D eigenvalue weighted by Crippen LogP contribution is 2.31. The van der Waals surface area contributed by atoms with Gasteiger partial charge in [0.2, 0.25) is 0 Å². The molecule has 10 heteroatoms. The standard InChI is InChI=1S/C18H20N4O3S2.ClH/c1-3-20(4-2)11-12-21(17(23)15-9-10-16(26-15)22(24)25)18-19-13-7-5-6-8-14(13)27-18;/h5-10H,3-4,11-12H2,1-2H3;1H. The summed E-state index contributed by atoms with van der Waals surface area (Å²) in [5.41, 5.74) is 0.843. The average Bonchev–Trinajstić information content (AvgIpc) is 3.32. The number of carbonyl (C=O) groups excluding carboxylic acids is 1. The normalized spacial score (nSPS) is 10.8. The topological polar surface area (TPSA) is 79.6 Å². The lowest BCUT2D eigenvalue weighted by Gasteiger charge is -2.24. The van der Waals surface area contributed by atoms with Crippen LogP contribution >= 0.6 is 35.1 Å². The second-order valence-corrected chi connectivity index (χ2v) is 7.91. The van der Waals surface area contributed by atoms with E-state index in [9.17, 15) is 14.9 Å². The molecule has 2 heterocycles. The molecule has 0 unspecified atom stereocenters. The number of benzene rings is 1. The molecular formula is C18H21ClN4O3S2. The van der Waals surface area contributed by atoms with E-state index in [1.807, 2.05) is 24.3 Å². The highest BCUT2D eigenvalue weighted by molar-refractivity contribution is 7.22. The number of hydrogen-bond acceptors (Lipinski definition) is 7. The second-order valence-electron chi connectivity index (χ2n) is 5.84. The van der Waals surface area contributed by atoms with Crippen molar-refractivity contribution >= 4 is 61.3 Å². The fraction of sp³-hybridized carbons (Fsp3) is 0.333. The van der Waals surface area contributed by atoms with Crippen molar-refractivity contribution in [2.24, 2.45) is 0 Å². The number of para-hydroxylation sites is 1. The zero-order chi connectivity index (χ0) is 19.4. The van der Waals surface area contributed by atoms with Crippen molar-refractivity contribution in [1.82, 2.24) is 9.88 Å². The number of rotatable bonds is 8. The van der Waals surface area contributed by atoms with E-state index in [0.29, 0.717) is 23.1 Å². The van der Waals surface area contributed by atoms with Crippen molar-refractivity contribution in [3.8, 4) is 0 Å². The monoisotopic (exact) mass is 440 g/mol. The van der Waals surface area contributed by atoms with Crippen molar-refractivity contribution in [1.29, 1.82) is 0 Å². The summed E-state index contributed by atoms with van der Waals surface area (Å²) >= 11 is 2.35. The van der Waals surface area contributed by atoms with E-state index in [1.54, 1.807) is 4.90 Å². The molecule has 7 nitrogen and oxygen atoms in total. The van der Waals surface area contributed by atoms with Crippen molar-refractivity contribution in [2.45, 2.75) is 13.8 Å². The van der Waals surface area contributed by atoms with Gasteiger partial charge in [0.1, 0.15) is 0 Å². The summed E-state index contributed by atoms with van der Waals surface area (Å²) in [7, 11) is 0. The third kappa shape index (κ3) is 4.85. The van der Waals surface area contributed by atoms with Crippen molar-refractivity contribution in [3.63, 3.8) is 0 Å². The third-order valence-corrected chi connectivity index (χ3v) is 6.36. The molecule has 0 radical (unpaired) electrons. The predicted molar refractivity (Wildman–Crippen MR) is 117 cm³/mol. The predicted octanol–water partition coefficient (Wildman–Crippen LogP) is 4.68. The summed E-state index contributed by atoms with van der Waals surface area (Å²) in [4.78, 5) is 32.4. The lowest BCUT2D eigenvalue weighted by atomic mass is 10.3. The summed E-state index contributed by atoms with van der Waals surface area (Å²) in [6.45, 7) is 7.13. The Morgan fingerprint density at radius 1 is 1.11 bits per heavy atom. The first-order valence-electron chi connectivity index (χ1n) is 8.67. The fourth-order valence-electron chi connectivity index (χ4n) is 2.71. The van der Waals surface area contributed by atoms with Crippen LogP contribution < -0.4 is 4.90 Å². The Hall–Kier alpha value is -2.07. The Morgan fingerprint density at radius 3 is 2.43 bits per heavy atom. The van der Waals surface area contributed by atoms with Gasteiger partial charge in [-0.05, 0) is 31.3 Å². The van der Waals surface area contributed by atoms with Crippen LogP contribution in [0, 0.1) is 10.1 Å². The highest BCUT2D eigenvalue weighted by atomic mass is 35.5. The second kappa shape index (κ2) is 9.92. The summed E-state index contributed by atoms with van der Waals surface area (Å²) in [5, 5.41) is 11.5. The first-order valence-corrected chi connectivity index (χ1v) is 10.3. The number of anilines is 1. The number of fused-ring (bicyclic) bond motifs is 1. The summed E-state index contributed by atoms with van der Waals surface area (Å²) in [5.74, 6) is -0.251. The van der Waals surface area contributed by atoms with E-state index in [4.69, 9.17) is 0 Å². The van der Waals surface area contributed by atoms with E-state index in [0.717, 1.165) is 34.6 Å². The number of carbonyl (C=O) groups is 1. The molecule has 0 spiro atoms. The molecule has 0 aliphatic rings. The molecule has 1 aromatic carbocycles. The first-order chi connectivity index (χ1) is 13.0. The summed E-state index contributed by atoms with van der Waals surface area (Å²) in [6, 6.07) is 10.6. The molecule has 0 bridgehead atoms. The number of thiophene rings is 1.